The largest absolute Gasteiger partial charge is 0.268 e. The highest BCUT2D eigenvalue weighted by atomic mass is 79.9. The highest BCUT2D eigenvalue weighted by Crippen LogP contribution is 2.21. The molecule has 54 valence electrons. The summed E-state index contributed by atoms with van der Waals surface area (Å²) in [6.45, 7) is 1.10. The van der Waals surface area contributed by atoms with E-state index in [2.05, 4.69) is 25.7 Å². The van der Waals surface area contributed by atoms with Crippen molar-refractivity contribution in [2.24, 2.45) is 0 Å². The molecule has 0 bridgehead atoms. The second-order valence-corrected chi connectivity index (χ2v) is 3.47. The maximum Gasteiger partial charge on any atom is 0.0635 e. The van der Waals surface area contributed by atoms with Gasteiger partial charge in [0.05, 0.1) is 16.4 Å². The number of hydrogen-bond donors (Lipinski definition) is 0. The van der Waals surface area contributed by atoms with Crippen molar-refractivity contribution in [3.05, 3.63) is 16.4 Å². The smallest absolute Gasteiger partial charge is 0.0635 e. The molecule has 0 radical (unpaired) electrons. The third-order valence-corrected chi connectivity index (χ3v) is 2.59. The first-order valence-corrected chi connectivity index (χ1v) is 4.37. The molecule has 0 spiro atoms. The Morgan fingerprint density at radius 3 is 3.20 bits per heavy atom. The summed E-state index contributed by atoms with van der Waals surface area (Å²) < 4.78 is 3.26. The van der Waals surface area contributed by atoms with E-state index in [0.29, 0.717) is 0 Å². The number of rotatable bonds is 0. The van der Waals surface area contributed by atoms with E-state index in [9.17, 15) is 0 Å². The van der Waals surface area contributed by atoms with Gasteiger partial charge in [0.25, 0.3) is 0 Å². The van der Waals surface area contributed by atoms with Crippen LogP contribution >= 0.6 is 15.9 Å². The maximum atomic E-state index is 4.23. The lowest BCUT2D eigenvalue weighted by Gasteiger charge is -2.12. The first-order chi connectivity index (χ1) is 4.88. The van der Waals surface area contributed by atoms with Crippen LogP contribution in [0.1, 0.15) is 18.5 Å². The summed E-state index contributed by atoms with van der Waals surface area (Å²) in [6.07, 6.45) is 5.66. The molecule has 2 rings (SSSR count). The quantitative estimate of drug-likeness (QED) is 0.627. The topological polar surface area (TPSA) is 17.8 Å². The predicted octanol–water partition coefficient (Wildman–Crippen LogP) is 1.98. The monoisotopic (exact) mass is 200 g/mol. The van der Waals surface area contributed by atoms with E-state index in [-0.39, 0.29) is 0 Å². The van der Waals surface area contributed by atoms with E-state index in [4.69, 9.17) is 0 Å². The molecule has 2 nitrogen and oxygen atoms in total. The molecule has 1 aromatic heterocycles. The van der Waals surface area contributed by atoms with Crippen LogP contribution in [-0.2, 0) is 13.0 Å². The number of hydrogen-bond acceptors (Lipinski definition) is 1. The third kappa shape index (κ3) is 0.888. The molecule has 3 heteroatoms. The van der Waals surface area contributed by atoms with Crippen molar-refractivity contribution in [2.45, 2.75) is 25.8 Å². The maximum absolute atomic E-state index is 4.23. The summed E-state index contributed by atoms with van der Waals surface area (Å²) in [5, 5.41) is 4.23. The van der Waals surface area contributed by atoms with E-state index < -0.39 is 0 Å². The Morgan fingerprint density at radius 2 is 2.40 bits per heavy atom. The van der Waals surface area contributed by atoms with E-state index in [0.717, 1.165) is 6.54 Å². The summed E-state index contributed by atoms with van der Waals surface area (Å²) >= 11 is 3.47. The SMILES string of the molecule is Brc1cnn2c1CCCC2. The zero-order chi connectivity index (χ0) is 6.97. The fourth-order valence-corrected chi connectivity index (χ4v) is 1.88. The van der Waals surface area contributed by atoms with Gasteiger partial charge in [0, 0.05) is 6.54 Å². The molecule has 2 heterocycles. The average Bonchev–Trinajstić information content (AvgIpc) is 2.34. The van der Waals surface area contributed by atoms with E-state index in [1.165, 1.54) is 29.4 Å². The summed E-state index contributed by atoms with van der Waals surface area (Å²) in [5.41, 5.74) is 1.37. The Labute approximate surface area is 68.4 Å². The normalized spacial score (nSPS) is 16.9. The minimum absolute atomic E-state index is 1.10. The van der Waals surface area contributed by atoms with E-state index in [1.54, 1.807) is 0 Å². The molecule has 0 aromatic carbocycles. The van der Waals surface area contributed by atoms with Crippen molar-refractivity contribution in [1.82, 2.24) is 9.78 Å². The summed E-state index contributed by atoms with van der Waals surface area (Å²) in [6, 6.07) is 0. The van der Waals surface area contributed by atoms with Crippen LogP contribution in [0.4, 0.5) is 0 Å². The summed E-state index contributed by atoms with van der Waals surface area (Å²) in [4.78, 5) is 0. The zero-order valence-electron chi connectivity index (χ0n) is 5.68. The molecule has 0 fully saturated rings. The molecule has 1 aromatic rings. The summed E-state index contributed by atoms with van der Waals surface area (Å²) in [7, 11) is 0. The second-order valence-electron chi connectivity index (χ2n) is 2.62. The number of nitrogens with zero attached hydrogens (tertiary/aromatic N) is 2. The van der Waals surface area contributed by atoms with Crippen LogP contribution in [0.5, 0.6) is 0 Å². The van der Waals surface area contributed by atoms with Gasteiger partial charge in [0.15, 0.2) is 0 Å². The lowest BCUT2D eigenvalue weighted by atomic mass is 10.1. The van der Waals surface area contributed by atoms with Gasteiger partial charge in [-0.15, -0.1) is 0 Å². The van der Waals surface area contributed by atoms with Crippen LogP contribution in [0.3, 0.4) is 0 Å². The highest BCUT2D eigenvalue weighted by Gasteiger charge is 2.11. The van der Waals surface area contributed by atoms with Gasteiger partial charge >= 0.3 is 0 Å². The van der Waals surface area contributed by atoms with Crippen molar-refractivity contribution in [1.29, 1.82) is 0 Å². The molecular weight excluding hydrogens is 192 g/mol. The molecule has 0 unspecified atom stereocenters. The number of aromatic nitrogens is 2. The molecule has 0 N–H and O–H groups in total. The Bertz CT molecular complexity index is 242. The van der Waals surface area contributed by atoms with Gasteiger partial charge in [-0.1, -0.05) is 0 Å². The molecule has 0 aliphatic carbocycles. The number of halogens is 1. The number of fused-ring (bicyclic) bond motifs is 1. The van der Waals surface area contributed by atoms with Gasteiger partial charge in [-0.25, -0.2) is 0 Å². The van der Waals surface area contributed by atoms with Crippen molar-refractivity contribution in [3.8, 4) is 0 Å². The lowest BCUT2D eigenvalue weighted by molar-refractivity contribution is 0.485. The van der Waals surface area contributed by atoms with Crippen LogP contribution < -0.4 is 0 Å². The molecule has 0 atom stereocenters. The molecule has 0 saturated carbocycles. The Hall–Kier alpha value is -0.310. The predicted molar refractivity (Wildman–Crippen MR) is 42.9 cm³/mol. The second kappa shape index (κ2) is 2.38. The highest BCUT2D eigenvalue weighted by molar-refractivity contribution is 9.10. The van der Waals surface area contributed by atoms with Crippen molar-refractivity contribution >= 4 is 15.9 Å². The molecule has 1 aliphatic heterocycles. The van der Waals surface area contributed by atoms with Crippen molar-refractivity contribution < 1.29 is 0 Å². The van der Waals surface area contributed by atoms with Gasteiger partial charge in [-0.3, -0.25) is 4.68 Å². The van der Waals surface area contributed by atoms with Crippen LogP contribution in [-0.4, -0.2) is 9.78 Å². The lowest BCUT2D eigenvalue weighted by Crippen LogP contribution is -2.10. The molecule has 1 aliphatic rings. The first kappa shape index (κ1) is 6.40. The van der Waals surface area contributed by atoms with Crippen LogP contribution in [0.15, 0.2) is 10.7 Å². The molecular formula is C7H9BrN2. The molecule has 10 heavy (non-hydrogen) atoms. The van der Waals surface area contributed by atoms with Gasteiger partial charge in [0.1, 0.15) is 0 Å². The number of aryl methyl sites for hydroxylation is 1. The van der Waals surface area contributed by atoms with E-state index >= 15 is 0 Å². The Morgan fingerprint density at radius 1 is 1.50 bits per heavy atom. The average molecular weight is 201 g/mol. The van der Waals surface area contributed by atoms with Gasteiger partial charge in [-0.2, -0.15) is 5.10 Å². The van der Waals surface area contributed by atoms with Crippen molar-refractivity contribution in [2.75, 3.05) is 0 Å². The van der Waals surface area contributed by atoms with Crippen LogP contribution in [0.2, 0.25) is 0 Å². The van der Waals surface area contributed by atoms with Gasteiger partial charge in [0.2, 0.25) is 0 Å². The standard InChI is InChI=1S/C7H9BrN2/c8-6-5-9-10-4-2-1-3-7(6)10/h5H,1-4H2. The fourth-order valence-electron chi connectivity index (χ4n) is 1.38. The summed E-state index contributed by atoms with van der Waals surface area (Å²) in [5.74, 6) is 0. The Balaban J connectivity index is 2.45. The minimum atomic E-state index is 1.10. The van der Waals surface area contributed by atoms with Crippen molar-refractivity contribution in [3.63, 3.8) is 0 Å². The molecule has 0 amide bonds. The molecule has 0 saturated heterocycles. The minimum Gasteiger partial charge on any atom is -0.268 e. The van der Waals surface area contributed by atoms with E-state index in [1.807, 2.05) is 6.20 Å². The van der Waals surface area contributed by atoms with Gasteiger partial charge in [-0.05, 0) is 35.2 Å². The van der Waals surface area contributed by atoms with Crippen LogP contribution in [0.25, 0.3) is 0 Å². The Kier molecular flexibility index (Phi) is 1.52. The fraction of sp³-hybridized carbons (Fsp3) is 0.571. The zero-order valence-corrected chi connectivity index (χ0v) is 7.26. The first-order valence-electron chi connectivity index (χ1n) is 3.58. The van der Waals surface area contributed by atoms with Crippen LogP contribution in [0, 0.1) is 0 Å². The van der Waals surface area contributed by atoms with Gasteiger partial charge < -0.3 is 0 Å². The third-order valence-electron chi connectivity index (χ3n) is 1.93.